The van der Waals surface area contributed by atoms with E-state index in [9.17, 15) is 14.4 Å². The smallest absolute Gasteiger partial charge is 0.330 e. The lowest BCUT2D eigenvalue weighted by Gasteiger charge is -2.38. The highest BCUT2D eigenvalue weighted by atomic mass is 16.2. The zero-order valence-corrected chi connectivity index (χ0v) is 14.4. The number of pyridine rings is 1. The van der Waals surface area contributed by atoms with Crippen LogP contribution in [0.3, 0.4) is 0 Å². The van der Waals surface area contributed by atoms with Crippen molar-refractivity contribution in [1.82, 2.24) is 24.3 Å². The Bertz CT molecular complexity index is 959. The van der Waals surface area contributed by atoms with Crippen LogP contribution in [0.4, 0.5) is 0 Å². The second kappa shape index (κ2) is 5.80. The van der Waals surface area contributed by atoms with Gasteiger partial charge in [0.1, 0.15) is 5.65 Å². The van der Waals surface area contributed by atoms with Gasteiger partial charge in [-0.3, -0.25) is 19.1 Å². The van der Waals surface area contributed by atoms with Crippen LogP contribution in [0, 0.1) is 0 Å². The zero-order chi connectivity index (χ0) is 17.7. The van der Waals surface area contributed by atoms with Crippen molar-refractivity contribution in [2.24, 2.45) is 0 Å². The van der Waals surface area contributed by atoms with Crippen LogP contribution < -0.4 is 11.2 Å². The predicted molar refractivity (Wildman–Crippen MR) is 92.9 cm³/mol. The topological polar surface area (TPSA) is 91.3 Å². The molecule has 8 heteroatoms. The van der Waals surface area contributed by atoms with E-state index in [1.807, 2.05) is 18.9 Å². The molecule has 1 saturated carbocycles. The maximum atomic E-state index is 12.9. The Labute approximate surface area is 144 Å². The first kappa shape index (κ1) is 16.0. The number of rotatable bonds is 2. The molecule has 1 atom stereocenters. The van der Waals surface area contributed by atoms with E-state index >= 15 is 0 Å². The van der Waals surface area contributed by atoms with Crippen LogP contribution in [-0.2, 0) is 0 Å². The molecule has 25 heavy (non-hydrogen) atoms. The van der Waals surface area contributed by atoms with E-state index in [2.05, 4.69) is 14.9 Å². The van der Waals surface area contributed by atoms with Gasteiger partial charge in [0, 0.05) is 37.9 Å². The number of carbonyl (C=O) groups is 1. The first-order chi connectivity index (χ1) is 12.0. The standard InChI is InChI=1S/C17H21N5O3/c1-10-9-20(2)5-6-21(10)16(24)11-7-13-14(18-8-11)22(12-3-4-12)17(25)19-15(13)23/h7-8,10,12H,3-6,9H2,1-2H3,(H,19,23,25)/t10-/m0/s1. The molecule has 1 amide bonds. The van der Waals surface area contributed by atoms with Gasteiger partial charge in [0.15, 0.2) is 0 Å². The highest BCUT2D eigenvalue weighted by Gasteiger charge is 2.29. The number of aromatic nitrogens is 3. The number of amides is 1. The summed E-state index contributed by atoms with van der Waals surface area (Å²) in [6.45, 7) is 4.29. The van der Waals surface area contributed by atoms with E-state index in [-0.39, 0.29) is 18.0 Å². The van der Waals surface area contributed by atoms with Gasteiger partial charge in [0.05, 0.1) is 10.9 Å². The summed E-state index contributed by atoms with van der Waals surface area (Å²) in [4.78, 5) is 47.8. The number of fused-ring (bicyclic) bond motifs is 1. The molecule has 2 fully saturated rings. The summed E-state index contributed by atoms with van der Waals surface area (Å²) < 4.78 is 1.53. The zero-order valence-electron chi connectivity index (χ0n) is 14.4. The van der Waals surface area contributed by atoms with E-state index in [0.717, 1.165) is 25.9 Å². The summed E-state index contributed by atoms with van der Waals surface area (Å²) in [5.74, 6) is -0.126. The summed E-state index contributed by atoms with van der Waals surface area (Å²) >= 11 is 0. The Morgan fingerprint density at radius 2 is 2.04 bits per heavy atom. The maximum absolute atomic E-state index is 12.9. The average molecular weight is 343 g/mol. The third-order valence-electron chi connectivity index (χ3n) is 5.03. The van der Waals surface area contributed by atoms with Crippen LogP contribution in [-0.4, -0.2) is 63.0 Å². The van der Waals surface area contributed by atoms with Gasteiger partial charge in [-0.1, -0.05) is 0 Å². The molecule has 2 aromatic rings. The quantitative estimate of drug-likeness (QED) is 0.841. The first-order valence-electron chi connectivity index (χ1n) is 8.60. The molecular formula is C17H21N5O3. The molecule has 1 aliphatic carbocycles. The molecular weight excluding hydrogens is 322 g/mol. The maximum Gasteiger partial charge on any atom is 0.330 e. The van der Waals surface area contributed by atoms with Crippen LogP contribution in [0.2, 0.25) is 0 Å². The molecule has 8 nitrogen and oxygen atoms in total. The van der Waals surface area contributed by atoms with Crippen molar-refractivity contribution < 1.29 is 4.79 Å². The van der Waals surface area contributed by atoms with Crippen molar-refractivity contribution in [3.05, 3.63) is 38.7 Å². The Morgan fingerprint density at radius 3 is 2.72 bits per heavy atom. The molecule has 4 rings (SSSR count). The lowest BCUT2D eigenvalue weighted by atomic mass is 10.1. The van der Waals surface area contributed by atoms with Crippen molar-refractivity contribution in [2.45, 2.75) is 31.8 Å². The van der Waals surface area contributed by atoms with Gasteiger partial charge in [-0.2, -0.15) is 0 Å². The largest absolute Gasteiger partial charge is 0.333 e. The summed E-state index contributed by atoms with van der Waals surface area (Å²) in [7, 11) is 2.03. The average Bonchev–Trinajstić information content (AvgIpc) is 3.39. The fraction of sp³-hybridized carbons (Fsp3) is 0.529. The van der Waals surface area contributed by atoms with E-state index in [0.29, 0.717) is 23.1 Å². The number of carbonyl (C=O) groups excluding carboxylic acids is 1. The minimum Gasteiger partial charge on any atom is -0.333 e. The van der Waals surface area contributed by atoms with Gasteiger partial charge in [-0.05, 0) is 32.9 Å². The number of nitrogens with one attached hydrogen (secondary N) is 1. The molecule has 3 heterocycles. The van der Waals surface area contributed by atoms with Gasteiger partial charge in [-0.25, -0.2) is 9.78 Å². The highest BCUT2D eigenvalue weighted by Crippen LogP contribution is 2.34. The van der Waals surface area contributed by atoms with Crippen molar-refractivity contribution in [2.75, 3.05) is 26.7 Å². The number of H-pyrrole nitrogens is 1. The SMILES string of the molecule is C[C@H]1CN(C)CCN1C(=O)c1cnc2c(c1)c(=O)[nH]c(=O)n2C1CC1. The van der Waals surface area contributed by atoms with Gasteiger partial charge in [0.2, 0.25) is 0 Å². The predicted octanol–water partition coefficient (Wildman–Crippen LogP) is 0.196. The molecule has 0 spiro atoms. The van der Waals surface area contributed by atoms with Gasteiger partial charge in [-0.15, -0.1) is 0 Å². The Hall–Kier alpha value is -2.48. The highest BCUT2D eigenvalue weighted by molar-refractivity contribution is 5.97. The van der Waals surface area contributed by atoms with Crippen LogP contribution in [0.15, 0.2) is 21.9 Å². The lowest BCUT2D eigenvalue weighted by Crippen LogP contribution is -2.52. The van der Waals surface area contributed by atoms with Crippen LogP contribution in [0.5, 0.6) is 0 Å². The molecule has 2 aromatic heterocycles. The monoisotopic (exact) mass is 343 g/mol. The molecule has 0 radical (unpaired) electrons. The van der Waals surface area contributed by atoms with Gasteiger partial charge < -0.3 is 9.80 Å². The molecule has 1 N–H and O–H groups in total. The minimum atomic E-state index is -0.495. The number of aromatic amines is 1. The summed E-state index contributed by atoms with van der Waals surface area (Å²) in [5, 5.41) is 0.291. The second-order valence-electron chi connectivity index (χ2n) is 7.07. The molecule has 1 saturated heterocycles. The Morgan fingerprint density at radius 1 is 1.28 bits per heavy atom. The number of hydrogen-bond acceptors (Lipinski definition) is 5. The fourth-order valence-corrected chi connectivity index (χ4v) is 3.53. The molecule has 0 bridgehead atoms. The fourth-order valence-electron chi connectivity index (χ4n) is 3.53. The number of nitrogens with zero attached hydrogens (tertiary/aromatic N) is 4. The van der Waals surface area contributed by atoms with Crippen LogP contribution in [0.1, 0.15) is 36.2 Å². The minimum absolute atomic E-state index is 0.0959. The molecule has 2 aliphatic rings. The van der Waals surface area contributed by atoms with E-state index in [4.69, 9.17) is 0 Å². The van der Waals surface area contributed by atoms with Crippen LogP contribution in [0.25, 0.3) is 11.0 Å². The third-order valence-corrected chi connectivity index (χ3v) is 5.03. The molecule has 0 aromatic carbocycles. The number of hydrogen-bond donors (Lipinski definition) is 1. The van der Waals surface area contributed by atoms with E-state index < -0.39 is 11.2 Å². The van der Waals surface area contributed by atoms with Crippen molar-refractivity contribution >= 4 is 16.9 Å². The Balaban J connectivity index is 1.75. The number of piperazine rings is 1. The molecule has 0 unspecified atom stereocenters. The molecule has 132 valence electrons. The van der Waals surface area contributed by atoms with Crippen LogP contribution >= 0.6 is 0 Å². The summed E-state index contributed by atoms with van der Waals surface area (Å²) in [5.41, 5.74) is -0.181. The number of likely N-dealkylation sites (N-methyl/N-ethyl adjacent to an activating group) is 1. The van der Waals surface area contributed by atoms with Crippen molar-refractivity contribution in [1.29, 1.82) is 0 Å². The summed E-state index contributed by atoms with van der Waals surface area (Å²) in [6, 6.07) is 1.76. The normalized spacial score (nSPS) is 21.7. The first-order valence-corrected chi connectivity index (χ1v) is 8.60. The third kappa shape index (κ3) is 2.76. The van der Waals surface area contributed by atoms with E-state index in [1.165, 1.54) is 10.8 Å². The van der Waals surface area contributed by atoms with Gasteiger partial charge in [0.25, 0.3) is 11.5 Å². The van der Waals surface area contributed by atoms with Crippen molar-refractivity contribution in [3.8, 4) is 0 Å². The molecule has 1 aliphatic heterocycles. The summed E-state index contributed by atoms with van der Waals surface area (Å²) in [6.07, 6.45) is 3.29. The van der Waals surface area contributed by atoms with Gasteiger partial charge >= 0.3 is 5.69 Å². The lowest BCUT2D eigenvalue weighted by molar-refractivity contribution is 0.0533. The second-order valence-corrected chi connectivity index (χ2v) is 7.07. The Kier molecular flexibility index (Phi) is 3.72. The van der Waals surface area contributed by atoms with Crippen molar-refractivity contribution in [3.63, 3.8) is 0 Å². The van der Waals surface area contributed by atoms with E-state index in [1.54, 1.807) is 6.07 Å².